The van der Waals surface area contributed by atoms with Gasteiger partial charge < -0.3 is 19.1 Å². The number of aromatic nitrogens is 4. The summed E-state index contributed by atoms with van der Waals surface area (Å²) >= 11 is 0. The van der Waals surface area contributed by atoms with Gasteiger partial charge in [-0.15, -0.1) is 0 Å². The zero-order chi connectivity index (χ0) is 28.3. The maximum atomic E-state index is 13.4. The van der Waals surface area contributed by atoms with Crippen LogP contribution in [-0.2, 0) is 22.4 Å². The summed E-state index contributed by atoms with van der Waals surface area (Å²) in [5.74, 6) is -0.615. The number of rotatable bonds is 11. The maximum Gasteiger partial charge on any atom is 0.434 e. The summed E-state index contributed by atoms with van der Waals surface area (Å²) in [7, 11) is -1.34. The first-order valence-corrected chi connectivity index (χ1v) is 15.8. The lowest BCUT2D eigenvalue weighted by Crippen LogP contribution is -2.30. The van der Waals surface area contributed by atoms with E-state index in [4.69, 9.17) is 9.47 Å². The second kappa shape index (κ2) is 11.2. The first-order chi connectivity index (χ1) is 17.6. The number of carbonyl (C=O) groups is 1. The molecule has 0 amide bonds. The van der Waals surface area contributed by atoms with Gasteiger partial charge in [0.2, 0.25) is 5.88 Å². The second-order valence-electron chi connectivity index (χ2n) is 11.0. The van der Waals surface area contributed by atoms with Crippen molar-refractivity contribution in [1.29, 1.82) is 0 Å². The monoisotopic (exact) mass is 550 g/mol. The molecule has 0 unspecified atom stereocenters. The van der Waals surface area contributed by atoms with E-state index >= 15 is 0 Å². The van der Waals surface area contributed by atoms with E-state index in [0.717, 1.165) is 23.4 Å². The molecule has 3 rings (SSSR count). The first kappa shape index (κ1) is 29.3. The number of pyridine rings is 2. The highest BCUT2D eigenvalue weighted by atomic mass is 28.3. The lowest BCUT2D eigenvalue weighted by atomic mass is 9.95. The predicted molar refractivity (Wildman–Crippen MR) is 139 cm³/mol. The number of aliphatic carboxylic acids is 1. The topological polar surface area (TPSA) is 99.4 Å². The highest BCUT2D eigenvalue weighted by Crippen LogP contribution is 2.32. The Morgan fingerprint density at radius 1 is 1.13 bits per heavy atom. The van der Waals surface area contributed by atoms with Gasteiger partial charge in [0.15, 0.2) is 11.5 Å². The van der Waals surface area contributed by atoms with E-state index in [1.807, 2.05) is 6.92 Å². The van der Waals surface area contributed by atoms with Crippen LogP contribution in [0.3, 0.4) is 0 Å². The first-order valence-electron chi connectivity index (χ1n) is 12.1. The number of aryl methyl sites for hydroxylation is 1. The molecule has 0 radical (unpaired) electrons. The molecule has 0 spiro atoms. The van der Waals surface area contributed by atoms with Gasteiger partial charge in [0.05, 0.1) is 5.41 Å². The fourth-order valence-electron chi connectivity index (χ4n) is 3.31. The van der Waals surface area contributed by atoms with Gasteiger partial charge in [-0.05, 0) is 38.4 Å². The Morgan fingerprint density at radius 3 is 2.39 bits per heavy atom. The van der Waals surface area contributed by atoms with Crippen LogP contribution in [0.5, 0.6) is 5.88 Å². The molecule has 3 aromatic rings. The van der Waals surface area contributed by atoms with Crippen LogP contribution in [0.2, 0.25) is 25.7 Å². The number of halogens is 3. The normalized spacial score (nSPS) is 12.6. The van der Waals surface area contributed by atoms with Gasteiger partial charge in [0.25, 0.3) is 0 Å². The van der Waals surface area contributed by atoms with Gasteiger partial charge >= 0.3 is 12.1 Å². The molecule has 8 nitrogen and oxygen atoms in total. The van der Waals surface area contributed by atoms with Crippen molar-refractivity contribution in [1.82, 2.24) is 19.5 Å². The number of nitrogens with zero attached hydrogens (tertiary/aromatic N) is 4. The molecule has 0 saturated carbocycles. The van der Waals surface area contributed by atoms with E-state index < -0.39 is 31.3 Å². The summed E-state index contributed by atoms with van der Waals surface area (Å²) in [5.41, 5.74) is 0.479. The van der Waals surface area contributed by atoms with E-state index in [1.54, 1.807) is 44.4 Å². The summed E-state index contributed by atoms with van der Waals surface area (Å²) in [5, 5.41) is 9.24. The van der Waals surface area contributed by atoms with Crippen LogP contribution in [0.25, 0.3) is 22.6 Å². The summed E-state index contributed by atoms with van der Waals surface area (Å²) < 4.78 is 52.7. The van der Waals surface area contributed by atoms with E-state index in [0.29, 0.717) is 18.1 Å². The molecule has 0 aliphatic heterocycles. The zero-order valence-corrected chi connectivity index (χ0v) is 23.4. The standard InChI is InChI=1S/C26H33F3N4O4Si/c1-17-11-22(37-15-25(2,3)24(34)35)31-13-19(17)18-7-8-20(30-12-18)23-32-21(26(27,28)29)14-33(23)16-36-9-10-38(4,5)6/h7-8,11-14H,9-10,15-16H2,1-6H3,(H,34,35). The van der Waals surface area contributed by atoms with Crippen molar-refractivity contribution < 1.29 is 32.5 Å². The molecule has 0 aliphatic carbocycles. The highest BCUT2D eigenvalue weighted by Gasteiger charge is 2.35. The van der Waals surface area contributed by atoms with Crippen LogP contribution < -0.4 is 4.74 Å². The Balaban J connectivity index is 1.80. The van der Waals surface area contributed by atoms with Gasteiger partial charge in [0, 0.05) is 50.5 Å². The van der Waals surface area contributed by atoms with Crippen LogP contribution in [0.15, 0.2) is 36.8 Å². The predicted octanol–water partition coefficient (Wildman–Crippen LogP) is 6.14. The number of hydrogen-bond donors (Lipinski definition) is 1. The van der Waals surface area contributed by atoms with E-state index in [2.05, 4.69) is 34.6 Å². The van der Waals surface area contributed by atoms with Crippen molar-refractivity contribution in [3.63, 3.8) is 0 Å². The third-order valence-electron chi connectivity index (χ3n) is 5.84. The second-order valence-corrected chi connectivity index (χ2v) is 16.6. The fraction of sp³-hybridized carbons (Fsp3) is 0.462. The smallest absolute Gasteiger partial charge is 0.434 e. The van der Waals surface area contributed by atoms with E-state index in [9.17, 15) is 23.1 Å². The van der Waals surface area contributed by atoms with Crippen LogP contribution >= 0.6 is 0 Å². The Morgan fingerprint density at radius 2 is 1.84 bits per heavy atom. The van der Waals surface area contributed by atoms with Gasteiger partial charge in [-0.25, -0.2) is 9.97 Å². The van der Waals surface area contributed by atoms with Crippen LogP contribution in [-0.4, -0.2) is 51.9 Å². The molecule has 0 aromatic carbocycles. The summed E-state index contributed by atoms with van der Waals surface area (Å²) in [4.78, 5) is 23.7. The maximum absolute atomic E-state index is 13.4. The fourth-order valence-corrected chi connectivity index (χ4v) is 4.07. The molecule has 12 heteroatoms. The molecule has 0 bridgehead atoms. The Kier molecular flexibility index (Phi) is 8.67. The lowest BCUT2D eigenvalue weighted by Gasteiger charge is -2.19. The number of alkyl halides is 3. The Hall–Kier alpha value is -3.25. The number of imidazole rings is 1. The molecule has 1 N–H and O–H groups in total. The van der Waals surface area contributed by atoms with Crippen molar-refractivity contribution in [3.8, 4) is 28.5 Å². The molecular weight excluding hydrogens is 517 g/mol. The molecule has 3 aromatic heterocycles. The van der Waals surface area contributed by atoms with Crippen LogP contribution in [0.4, 0.5) is 13.2 Å². The van der Waals surface area contributed by atoms with Gasteiger partial charge in [-0.1, -0.05) is 25.7 Å². The molecule has 0 aliphatic rings. The number of carboxylic acids is 1. The molecule has 206 valence electrons. The Labute approximate surface area is 220 Å². The summed E-state index contributed by atoms with van der Waals surface area (Å²) in [6.45, 7) is 11.9. The third kappa shape index (κ3) is 7.64. The van der Waals surface area contributed by atoms with Crippen molar-refractivity contribution in [3.05, 3.63) is 48.0 Å². The minimum atomic E-state index is -4.59. The SMILES string of the molecule is Cc1cc(OCC(C)(C)C(=O)O)ncc1-c1ccc(-c2nc(C(F)(F)F)cn2COCC[Si](C)(C)C)nc1. The molecule has 3 heterocycles. The zero-order valence-electron chi connectivity index (χ0n) is 22.4. The molecule has 38 heavy (non-hydrogen) atoms. The van der Waals surface area contributed by atoms with Crippen molar-refractivity contribution in [2.45, 2.75) is 59.4 Å². The average molecular weight is 551 g/mol. The summed E-state index contributed by atoms with van der Waals surface area (Å²) in [6.07, 6.45) is -0.515. The minimum Gasteiger partial charge on any atom is -0.481 e. The number of carboxylic acid groups (broad SMARTS) is 1. The van der Waals surface area contributed by atoms with Crippen molar-refractivity contribution >= 4 is 14.0 Å². The van der Waals surface area contributed by atoms with Crippen LogP contribution in [0.1, 0.15) is 25.1 Å². The van der Waals surface area contributed by atoms with E-state index in [-0.39, 0.29) is 24.9 Å². The summed E-state index contributed by atoms with van der Waals surface area (Å²) in [6, 6.07) is 5.93. The molecule has 0 atom stereocenters. The van der Waals surface area contributed by atoms with Crippen molar-refractivity contribution in [2.24, 2.45) is 5.41 Å². The number of hydrogen-bond acceptors (Lipinski definition) is 6. The largest absolute Gasteiger partial charge is 0.481 e. The highest BCUT2D eigenvalue weighted by molar-refractivity contribution is 6.76. The quantitative estimate of drug-likeness (QED) is 0.226. The lowest BCUT2D eigenvalue weighted by molar-refractivity contribution is -0.148. The van der Waals surface area contributed by atoms with E-state index in [1.165, 1.54) is 4.57 Å². The van der Waals surface area contributed by atoms with Gasteiger partial charge in [0.1, 0.15) is 19.0 Å². The average Bonchev–Trinajstić information content (AvgIpc) is 3.25. The number of ether oxygens (including phenoxy) is 2. The third-order valence-corrected chi connectivity index (χ3v) is 7.55. The van der Waals surface area contributed by atoms with Gasteiger partial charge in [-0.2, -0.15) is 13.2 Å². The molecule has 0 fully saturated rings. The molecular formula is C26H33F3N4O4Si. The van der Waals surface area contributed by atoms with Crippen LogP contribution in [0, 0.1) is 12.3 Å². The Bertz CT molecular complexity index is 1270. The van der Waals surface area contributed by atoms with Crippen molar-refractivity contribution in [2.75, 3.05) is 13.2 Å². The molecule has 0 saturated heterocycles. The minimum absolute atomic E-state index is 0.0429. The van der Waals surface area contributed by atoms with Gasteiger partial charge in [-0.3, -0.25) is 9.78 Å².